The summed E-state index contributed by atoms with van der Waals surface area (Å²) in [7, 11) is 1.54. The van der Waals surface area contributed by atoms with E-state index in [1.165, 1.54) is 11.9 Å². The molecule has 0 aromatic heterocycles. The fourth-order valence-corrected chi connectivity index (χ4v) is 1.53. The van der Waals surface area contributed by atoms with Crippen LogP contribution in [-0.2, 0) is 4.74 Å². The van der Waals surface area contributed by atoms with Gasteiger partial charge in [0.2, 0.25) is 0 Å². The van der Waals surface area contributed by atoms with Gasteiger partial charge in [-0.3, -0.25) is 0 Å². The molecule has 3 amide bonds. The van der Waals surface area contributed by atoms with Gasteiger partial charge in [-0.2, -0.15) is 0 Å². The van der Waals surface area contributed by atoms with Gasteiger partial charge in [-0.05, 0) is 32.9 Å². The number of nitrogens with one attached hydrogen (secondary N) is 2. The first-order valence-electron chi connectivity index (χ1n) is 7.02. The predicted octanol–water partition coefficient (Wildman–Crippen LogP) is 2.95. The molecule has 0 fully saturated rings. The Morgan fingerprint density at radius 2 is 1.91 bits per heavy atom. The lowest BCUT2D eigenvalue weighted by atomic mass is 10.2. The summed E-state index contributed by atoms with van der Waals surface area (Å²) < 4.78 is 31.3. The first kappa shape index (κ1) is 18.7. The Hall–Kier alpha value is -2.38. The van der Waals surface area contributed by atoms with Gasteiger partial charge in [0.05, 0.1) is 5.69 Å². The van der Waals surface area contributed by atoms with E-state index in [2.05, 4.69) is 10.6 Å². The number of anilines is 1. The first-order valence-corrected chi connectivity index (χ1v) is 7.02. The number of nitrogens with zero attached hydrogens (tertiary/aromatic N) is 1. The summed E-state index contributed by atoms with van der Waals surface area (Å²) in [6, 6.07) is 2.17. The first-order chi connectivity index (χ1) is 10.6. The van der Waals surface area contributed by atoms with Gasteiger partial charge in [-0.25, -0.2) is 18.4 Å². The molecule has 0 aliphatic carbocycles. The Kier molecular flexibility index (Phi) is 6.29. The third kappa shape index (κ3) is 6.94. The Labute approximate surface area is 133 Å². The molecule has 8 heteroatoms. The average Bonchev–Trinajstić information content (AvgIpc) is 2.40. The van der Waals surface area contributed by atoms with Crippen molar-refractivity contribution in [3.8, 4) is 0 Å². The lowest BCUT2D eigenvalue weighted by Crippen LogP contribution is -2.40. The number of hydrogen-bond acceptors (Lipinski definition) is 3. The highest BCUT2D eigenvalue weighted by molar-refractivity contribution is 5.89. The van der Waals surface area contributed by atoms with E-state index in [4.69, 9.17) is 4.74 Å². The summed E-state index contributed by atoms with van der Waals surface area (Å²) in [4.78, 5) is 24.6. The van der Waals surface area contributed by atoms with Crippen molar-refractivity contribution in [1.29, 1.82) is 0 Å². The molecule has 0 aliphatic heterocycles. The molecule has 23 heavy (non-hydrogen) atoms. The lowest BCUT2D eigenvalue weighted by Gasteiger charge is -2.24. The number of amides is 3. The summed E-state index contributed by atoms with van der Waals surface area (Å²) in [6.07, 6.45) is -0.510. The van der Waals surface area contributed by atoms with Crippen LogP contribution in [0.5, 0.6) is 0 Å². The second-order valence-electron chi connectivity index (χ2n) is 5.91. The number of rotatable bonds is 4. The highest BCUT2D eigenvalue weighted by Gasteiger charge is 2.19. The molecule has 0 atom stereocenters. The van der Waals surface area contributed by atoms with Crippen LogP contribution >= 0.6 is 0 Å². The quantitative estimate of drug-likeness (QED) is 0.892. The average molecular weight is 329 g/mol. The van der Waals surface area contributed by atoms with Crippen molar-refractivity contribution in [3.63, 3.8) is 0 Å². The number of urea groups is 1. The van der Waals surface area contributed by atoms with E-state index >= 15 is 0 Å². The van der Waals surface area contributed by atoms with Crippen LogP contribution in [0.1, 0.15) is 20.8 Å². The molecule has 0 aliphatic rings. The minimum absolute atomic E-state index is 0.135. The molecule has 0 unspecified atom stereocenters. The second kappa shape index (κ2) is 7.75. The van der Waals surface area contributed by atoms with Crippen molar-refractivity contribution < 1.29 is 23.1 Å². The van der Waals surface area contributed by atoms with Crippen molar-refractivity contribution >= 4 is 17.8 Å². The molecule has 0 heterocycles. The van der Waals surface area contributed by atoms with Crippen LogP contribution in [0.2, 0.25) is 0 Å². The number of carbonyl (C=O) groups is 2. The van der Waals surface area contributed by atoms with Crippen molar-refractivity contribution in [3.05, 3.63) is 29.8 Å². The van der Waals surface area contributed by atoms with Gasteiger partial charge >= 0.3 is 12.1 Å². The van der Waals surface area contributed by atoms with E-state index in [1.807, 2.05) is 0 Å². The van der Waals surface area contributed by atoms with Gasteiger partial charge in [0, 0.05) is 26.2 Å². The highest BCUT2D eigenvalue weighted by Crippen LogP contribution is 2.14. The summed E-state index contributed by atoms with van der Waals surface area (Å²) in [5, 5.41) is 4.71. The minimum atomic E-state index is -0.869. The van der Waals surface area contributed by atoms with Gasteiger partial charge in [0.1, 0.15) is 17.2 Å². The van der Waals surface area contributed by atoms with Crippen molar-refractivity contribution in [2.45, 2.75) is 26.4 Å². The van der Waals surface area contributed by atoms with Gasteiger partial charge in [0.25, 0.3) is 0 Å². The predicted molar refractivity (Wildman–Crippen MR) is 82.2 cm³/mol. The zero-order valence-electron chi connectivity index (χ0n) is 13.6. The standard InChI is InChI=1S/C15H21F2N3O3/c1-15(2,3)23-14(22)20(4)8-7-18-13(21)19-12-6-5-10(16)9-11(12)17/h5-6,9H,7-8H2,1-4H3,(H2,18,19,21). The van der Waals surface area contributed by atoms with E-state index in [9.17, 15) is 18.4 Å². The van der Waals surface area contributed by atoms with Gasteiger partial charge < -0.3 is 20.3 Å². The summed E-state index contributed by atoms with van der Waals surface area (Å²) >= 11 is 0. The maximum atomic E-state index is 13.4. The third-order valence-corrected chi connectivity index (χ3v) is 2.62. The molecular weight excluding hydrogens is 308 g/mol. The normalized spacial score (nSPS) is 10.9. The third-order valence-electron chi connectivity index (χ3n) is 2.62. The fourth-order valence-electron chi connectivity index (χ4n) is 1.53. The van der Waals surface area contributed by atoms with Crippen LogP contribution in [0.4, 0.5) is 24.1 Å². The Bertz CT molecular complexity index is 574. The lowest BCUT2D eigenvalue weighted by molar-refractivity contribution is 0.0301. The van der Waals surface area contributed by atoms with Crippen LogP contribution in [0.25, 0.3) is 0 Å². The maximum absolute atomic E-state index is 13.4. The van der Waals surface area contributed by atoms with Crippen molar-refractivity contribution in [2.75, 3.05) is 25.5 Å². The van der Waals surface area contributed by atoms with Gasteiger partial charge in [0.15, 0.2) is 0 Å². The largest absolute Gasteiger partial charge is 0.444 e. The molecule has 0 bridgehead atoms. The Morgan fingerprint density at radius 1 is 1.26 bits per heavy atom. The highest BCUT2D eigenvalue weighted by atomic mass is 19.1. The van der Waals surface area contributed by atoms with Crippen molar-refractivity contribution in [1.82, 2.24) is 10.2 Å². The summed E-state index contributed by atoms with van der Waals surface area (Å²) in [5.74, 6) is -1.60. The number of likely N-dealkylation sites (N-methyl/N-ethyl adjacent to an activating group) is 1. The maximum Gasteiger partial charge on any atom is 0.410 e. The topological polar surface area (TPSA) is 70.7 Å². The van der Waals surface area contributed by atoms with E-state index < -0.39 is 29.4 Å². The molecular formula is C15H21F2N3O3. The molecule has 1 aromatic carbocycles. The molecule has 1 rings (SSSR count). The number of halogens is 2. The number of hydrogen-bond donors (Lipinski definition) is 2. The van der Waals surface area contributed by atoms with Gasteiger partial charge in [-0.15, -0.1) is 0 Å². The van der Waals surface area contributed by atoms with Crippen LogP contribution in [-0.4, -0.2) is 42.8 Å². The Balaban J connectivity index is 2.37. The molecule has 128 valence electrons. The van der Waals surface area contributed by atoms with Crippen molar-refractivity contribution in [2.24, 2.45) is 0 Å². The molecule has 0 spiro atoms. The number of carbonyl (C=O) groups excluding carboxylic acids is 2. The fraction of sp³-hybridized carbons (Fsp3) is 0.467. The zero-order valence-corrected chi connectivity index (χ0v) is 13.6. The minimum Gasteiger partial charge on any atom is -0.444 e. The SMILES string of the molecule is CN(CCNC(=O)Nc1ccc(F)cc1F)C(=O)OC(C)(C)C. The molecule has 2 N–H and O–H groups in total. The van der Waals surface area contributed by atoms with Crippen LogP contribution in [0.3, 0.4) is 0 Å². The van der Waals surface area contributed by atoms with Gasteiger partial charge in [-0.1, -0.05) is 0 Å². The van der Waals surface area contributed by atoms with E-state index in [-0.39, 0.29) is 18.8 Å². The molecule has 0 saturated heterocycles. The van der Waals surface area contributed by atoms with E-state index in [0.717, 1.165) is 12.1 Å². The molecule has 0 radical (unpaired) electrons. The molecule has 6 nitrogen and oxygen atoms in total. The summed E-state index contributed by atoms with van der Waals surface area (Å²) in [5.41, 5.74) is -0.736. The van der Waals surface area contributed by atoms with E-state index in [1.54, 1.807) is 20.8 Å². The summed E-state index contributed by atoms with van der Waals surface area (Å²) in [6.45, 7) is 5.61. The number of benzene rings is 1. The monoisotopic (exact) mass is 329 g/mol. The van der Waals surface area contributed by atoms with Crippen LogP contribution in [0.15, 0.2) is 18.2 Å². The zero-order chi connectivity index (χ0) is 17.6. The van der Waals surface area contributed by atoms with Crippen LogP contribution < -0.4 is 10.6 Å². The van der Waals surface area contributed by atoms with Crippen LogP contribution in [0, 0.1) is 11.6 Å². The molecule has 1 aromatic rings. The number of ether oxygens (including phenoxy) is 1. The molecule has 0 saturated carbocycles. The Morgan fingerprint density at radius 3 is 2.48 bits per heavy atom. The second-order valence-corrected chi connectivity index (χ2v) is 5.91. The smallest absolute Gasteiger partial charge is 0.410 e. The van der Waals surface area contributed by atoms with E-state index in [0.29, 0.717) is 6.07 Å².